The molecule has 5 heteroatoms. The first kappa shape index (κ1) is 16.9. The zero-order valence-electron chi connectivity index (χ0n) is 11.0. The van der Waals surface area contributed by atoms with Crippen molar-refractivity contribution in [1.82, 2.24) is 0 Å². The van der Waals surface area contributed by atoms with Crippen LogP contribution in [0.5, 0.6) is 0 Å². The van der Waals surface area contributed by atoms with Crippen molar-refractivity contribution in [1.29, 1.82) is 0 Å². The number of unbranched alkanes of at least 4 members (excludes halogenated alkanes) is 6. The average molecular weight is 265 g/mol. The van der Waals surface area contributed by atoms with Crippen LogP contribution in [0.1, 0.15) is 58.3 Å². The van der Waals surface area contributed by atoms with Crippen LogP contribution >= 0.6 is 0 Å². The Morgan fingerprint density at radius 3 is 1.94 bits per heavy atom. The van der Waals surface area contributed by atoms with Gasteiger partial charge in [0, 0.05) is 13.2 Å². The Bertz CT molecular complexity index is 252. The highest BCUT2D eigenvalue weighted by molar-refractivity contribution is 7.89. The van der Waals surface area contributed by atoms with E-state index in [2.05, 4.69) is 6.92 Å². The van der Waals surface area contributed by atoms with Crippen LogP contribution in [0.2, 0.25) is 0 Å². The Morgan fingerprint density at radius 1 is 0.882 bits per heavy atom. The van der Waals surface area contributed by atoms with E-state index in [1.807, 2.05) is 0 Å². The zero-order valence-corrected chi connectivity index (χ0v) is 11.8. The first-order valence-electron chi connectivity index (χ1n) is 6.64. The van der Waals surface area contributed by atoms with Crippen molar-refractivity contribution in [3.05, 3.63) is 0 Å². The molecule has 0 fully saturated rings. The number of primary sulfonamides is 1. The van der Waals surface area contributed by atoms with Crippen LogP contribution < -0.4 is 5.14 Å². The number of sulfonamides is 1. The molecule has 0 unspecified atom stereocenters. The predicted octanol–water partition coefficient (Wildman–Crippen LogP) is 2.43. The molecule has 0 heterocycles. The minimum atomic E-state index is -3.25. The number of ether oxygens (including phenoxy) is 1. The minimum Gasteiger partial charge on any atom is -0.381 e. The molecule has 0 radical (unpaired) electrons. The molecule has 0 rings (SSSR count). The average Bonchev–Trinajstić information content (AvgIpc) is 2.24. The molecule has 0 saturated heterocycles. The fourth-order valence-corrected chi connectivity index (χ4v) is 2.24. The molecule has 0 saturated carbocycles. The van der Waals surface area contributed by atoms with E-state index in [1.165, 1.54) is 19.3 Å². The quantitative estimate of drug-likeness (QED) is 0.551. The third-order valence-corrected chi connectivity index (χ3v) is 3.42. The number of nitrogens with two attached hydrogens (primary N) is 1. The lowest BCUT2D eigenvalue weighted by Crippen LogP contribution is -2.16. The van der Waals surface area contributed by atoms with Crippen molar-refractivity contribution in [3.8, 4) is 0 Å². The van der Waals surface area contributed by atoms with Crippen molar-refractivity contribution >= 4 is 10.0 Å². The van der Waals surface area contributed by atoms with Gasteiger partial charge >= 0.3 is 0 Å². The van der Waals surface area contributed by atoms with Crippen molar-refractivity contribution in [2.24, 2.45) is 5.14 Å². The molecule has 2 N–H and O–H groups in total. The molecule has 0 aromatic rings. The smallest absolute Gasteiger partial charge is 0.209 e. The van der Waals surface area contributed by atoms with Gasteiger partial charge in [0.2, 0.25) is 10.0 Å². The molecule has 0 aromatic carbocycles. The van der Waals surface area contributed by atoms with Gasteiger partial charge in [-0.15, -0.1) is 0 Å². The van der Waals surface area contributed by atoms with Gasteiger partial charge in [0.15, 0.2) is 0 Å². The maximum atomic E-state index is 10.7. The van der Waals surface area contributed by atoms with Crippen molar-refractivity contribution in [2.75, 3.05) is 19.0 Å². The molecule has 4 nitrogen and oxygen atoms in total. The van der Waals surface area contributed by atoms with Crippen LogP contribution in [0, 0.1) is 0 Å². The van der Waals surface area contributed by atoms with E-state index in [0.717, 1.165) is 38.9 Å². The summed E-state index contributed by atoms with van der Waals surface area (Å²) >= 11 is 0. The molecule has 0 bridgehead atoms. The van der Waals surface area contributed by atoms with Gasteiger partial charge < -0.3 is 4.74 Å². The summed E-state index contributed by atoms with van der Waals surface area (Å²) in [6.07, 6.45) is 8.58. The Hall–Kier alpha value is -0.130. The summed E-state index contributed by atoms with van der Waals surface area (Å²) in [6, 6.07) is 0. The van der Waals surface area contributed by atoms with E-state index in [-0.39, 0.29) is 5.75 Å². The molecule has 0 spiro atoms. The molecule has 104 valence electrons. The summed E-state index contributed by atoms with van der Waals surface area (Å²) in [5, 5.41) is 4.91. The molecular formula is C12H27NO3S. The summed E-state index contributed by atoms with van der Waals surface area (Å²) in [6.45, 7) is 3.86. The third-order valence-electron chi connectivity index (χ3n) is 2.57. The second kappa shape index (κ2) is 11.0. The fraction of sp³-hybridized carbons (Fsp3) is 1.00. The first-order valence-corrected chi connectivity index (χ1v) is 8.36. The maximum Gasteiger partial charge on any atom is 0.209 e. The minimum absolute atomic E-state index is 0.123. The van der Waals surface area contributed by atoms with Crippen LogP contribution in [-0.4, -0.2) is 27.4 Å². The van der Waals surface area contributed by atoms with Gasteiger partial charge in [0.05, 0.1) is 5.75 Å². The zero-order chi connectivity index (χ0) is 13.0. The second-order valence-corrected chi connectivity index (χ2v) is 6.19. The summed E-state index contributed by atoms with van der Waals surface area (Å²) in [7, 11) is -3.25. The van der Waals surface area contributed by atoms with Crippen LogP contribution in [0.4, 0.5) is 0 Å². The SMILES string of the molecule is CCCOCCCCCCCCCS(N)(=O)=O. The van der Waals surface area contributed by atoms with E-state index in [9.17, 15) is 8.42 Å². The monoisotopic (exact) mass is 265 g/mol. The summed E-state index contributed by atoms with van der Waals surface area (Å²) in [5.41, 5.74) is 0. The largest absolute Gasteiger partial charge is 0.381 e. The van der Waals surface area contributed by atoms with Gasteiger partial charge in [-0.3, -0.25) is 0 Å². The maximum absolute atomic E-state index is 10.7. The summed E-state index contributed by atoms with van der Waals surface area (Å²) < 4.78 is 26.7. The van der Waals surface area contributed by atoms with Gasteiger partial charge in [-0.1, -0.05) is 39.0 Å². The Balaban J connectivity index is 3.04. The van der Waals surface area contributed by atoms with E-state index in [1.54, 1.807) is 0 Å². The van der Waals surface area contributed by atoms with Gasteiger partial charge in [0.1, 0.15) is 0 Å². The molecule has 0 aromatic heterocycles. The molecule has 17 heavy (non-hydrogen) atoms. The van der Waals surface area contributed by atoms with Crippen molar-refractivity contribution < 1.29 is 13.2 Å². The topological polar surface area (TPSA) is 69.4 Å². The lowest BCUT2D eigenvalue weighted by molar-refractivity contribution is 0.130. The van der Waals surface area contributed by atoms with Crippen LogP contribution in [0.25, 0.3) is 0 Å². The molecule has 0 aliphatic heterocycles. The summed E-state index contributed by atoms with van der Waals surface area (Å²) in [4.78, 5) is 0. The molecule has 0 aliphatic carbocycles. The highest BCUT2D eigenvalue weighted by Crippen LogP contribution is 2.07. The van der Waals surface area contributed by atoms with Crippen molar-refractivity contribution in [2.45, 2.75) is 58.3 Å². The van der Waals surface area contributed by atoms with Gasteiger partial charge in [-0.25, -0.2) is 13.6 Å². The standard InChI is InChI=1S/C12H27NO3S/c1-2-10-16-11-8-6-4-3-5-7-9-12-17(13,14)15/h2-12H2,1H3,(H2,13,14,15). The normalized spacial score (nSPS) is 11.9. The van der Waals surface area contributed by atoms with Gasteiger partial charge in [-0.2, -0.15) is 0 Å². The fourth-order valence-electron chi connectivity index (χ4n) is 1.64. The number of hydrogen-bond donors (Lipinski definition) is 1. The lowest BCUT2D eigenvalue weighted by Gasteiger charge is -2.03. The van der Waals surface area contributed by atoms with E-state index >= 15 is 0 Å². The van der Waals surface area contributed by atoms with Crippen molar-refractivity contribution in [3.63, 3.8) is 0 Å². The molecular weight excluding hydrogens is 238 g/mol. The molecule has 0 atom stereocenters. The Labute approximate surface area is 106 Å². The summed E-state index contributed by atoms with van der Waals surface area (Å²) in [5.74, 6) is 0.123. The highest BCUT2D eigenvalue weighted by Gasteiger charge is 2.01. The Kier molecular flexibility index (Phi) is 10.9. The first-order chi connectivity index (χ1) is 8.06. The molecule has 0 aliphatic rings. The predicted molar refractivity (Wildman–Crippen MR) is 71.4 cm³/mol. The highest BCUT2D eigenvalue weighted by atomic mass is 32.2. The third kappa shape index (κ3) is 15.9. The number of hydrogen-bond acceptors (Lipinski definition) is 3. The van der Waals surface area contributed by atoms with E-state index < -0.39 is 10.0 Å². The lowest BCUT2D eigenvalue weighted by atomic mass is 10.1. The van der Waals surface area contributed by atoms with Gasteiger partial charge in [0.25, 0.3) is 0 Å². The second-order valence-electron chi connectivity index (χ2n) is 4.45. The van der Waals surface area contributed by atoms with E-state index in [4.69, 9.17) is 9.88 Å². The van der Waals surface area contributed by atoms with E-state index in [0.29, 0.717) is 6.42 Å². The Morgan fingerprint density at radius 2 is 1.41 bits per heavy atom. The number of rotatable bonds is 12. The van der Waals surface area contributed by atoms with Crippen LogP contribution in [0.15, 0.2) is 0 Å². The van der Waals surface area contributed by atoms with Crippen LogP contribution in [0.3, 0.4) is 0 Å². The van der Waals surface area contributed by atoms with Crippen LogP contribution in [-0.2, 0) is 14.8 Å². The molecule has 0 amide bonds. The van der Waals surface area contributed by atoms with Gasteiger partial charge in [-0.05, 0) is 19.3 Å².